The van der Waals surface area contributed by atoms with Gasteiger partial charge >= 0.3 is 5.97 Å². The average Bonchev–Trinajstić information content (AvgIpc) is 3.31. The first-order chi connectivity index (χ1) is 32.2. The van der Waals surface area contributed by atoms with Gasteiger partial charge in [-0.2, -0.15) is 0 Å². The zero-order chi connectivity index (χ0) is 48.3. The summed E-state index contributed by atoms with van der Waals surface area (Å²) in [5.74, 6) is -1.22. The maximum absolute atomic E-state index is 13.3. The molecule has 66 heavy (non-hydrogen) atoms. The number of unbranched alkanes of at least 4 members (excludes halogenated alkanes) is 26. The molecule has 384 valence electrons. The van der Waals surface area contributed by atoms with Crippen LogP contribution in [0.4, 0.5) is 0 Å². The maximum atomic E-state index is 13.3. The number of rotatable bonds is 44. The summed E-state index contributed by atoms with van der Waals surface area (Å²) >= 11 is 0. The van der Waals surface area contributed by atoms with Crippen LogP contribution in [0.25, 0.3) is 0 Å². The van der Waals surface area contributed by atoms with Gasteiger partial charge in [0.25, 0.3) is 0 Å². The zero-order valence-electron chi connectivity index (χ0n) is 42.1. The third-order valence-electron chi connectivity index (χ3n) is 12.6. The molecule has 1 amide bonds. The fraction of sp³-hybridized carbons (Fsp3) is 0.818. The molecule has 8 atom stereocenters. The number of amides is 1. The average molecular weight is 934 g/mol. The molecule has 6 N–H and O–H groups in total. The minimum absolute atomic E-state index is 0.101. The molecule has 0 radical (unpaired) electrons. The van der Waals surface area contributed by atoms with E-state index in [2.05, 4.69) is 44.3 Å². The maximum Gasteiger partial charge on any atom is 0.306 e. The first-order valence-electron chi connectivity index (χ1n) is 26.9. The Morgan fingerprint density at radius 1 is 0.606 bits per heavy atom. The minimum atomic E-state index is -1.62. The van der Waals surface area contributed by atoms with Gasteiger partial charge in [-0.3, -0.25) is 9.59 Å². The van der Waals surface area contributed by atoms with Gasteiger partial charge < -0.3 is 45.1 Å². The topological polar surface area (TPSA) is 175 Å². The van der Waals surface area contributed by atoms with Crippen molar-refractivity contribution >= 4 is 11.9 Å². The summed E-state index contributed by atoms with van der Waals surface area (Å²) in [4.78, 5) is 26.3. The molecule has 0 saturated carbocycles. The predicted octanol–water partition coefficient (Wildman–Crippen LogP) is 11.3. The SMILES string of the molecule is CC/C=C/C=C/C=C\CCCCCCCC(=O)OC1C(OCC(NC(=O)C(O)CCCCCCCCCCCCCCC)C(O)/C=C/CCCCCCCCCCC)OC(CO)C(O)C1O. The number of nitrogens with one attached hydrogen (secondary N) is 1. The van der Waals surface area contributed by atoms with E-state index in [1.807, 2.05) is 24.3 Å². The second-order valence-corrected chi connectivity index (χ2v) is 18.6. The van der Waals surface area contributed by atoms with Crippen molar-refractivity contribution in [3.05, 3.63) is 48.6 Å². The highest BCUT2D eigenvalue weighted by molar-refractivity contribution is 5.80. The smallest absolute Gasteiger partial charge is 0.306 e. The lowest BCUT2D eigenvalue weighted by Crippen LogP contribution is -2.61. The molecule has 1 aliphatic rings. The van der Waals surface area contributed by atoms with Crippen molar-refractivity contribution in [2.24, 2.45) is 0 Å². The van der Waals surface area contributed by atoms with Crippen LogP contribution in [-0.4, -0.2) is 99.6 Å². The lowest BCUT2D eigenvalue weighted by molar-refractivity contribution is -0.305. The Kier molecular flexibility index (Phi) is 41.0. The summed E-state index contributed by atoms with van der Waals surface area (Å²) in [6, 6.07) is -1.02. The molecule has 0 bridgehead atoms. The molecule has 0 aromatic rings. The van der Waals surface area contributed by atoms with Gasteiger partial charge in [0, 0.05) is 6.42 Å². The molecule has 0 spiro atoms. The molecular formula is C55H99NO10. The van der Waals surface area contributed by atoms with E-state index < -0.39 is 67.4 Å². The number of carbonyl (C=O) groups is 2. The highest BCUT2D eigenvalue weighted by Crippen LogP contribution is 2.26. The Morgan fingerprint density at radius 2 is 1.09 bits per heavy atom. The van der Waals surface area contributed by atoms with E-state index >= 15 is 0 Å². The van der Waals surface area contributed by atoms with Gasteiger partial charge in [0.2, 0.25) is 5.91 Å². The van der Waals surface area contributed by atoms with Crippen LogP contribution in [-0.2, 0) is 23.8 Å². The van der Waals surface area contributed by atoms with Crippen LogP contribution in [0.3, 0.4) is 0 Å². The van der Waals surface area contributed by atoms with Crippen LogP contribution in [0.2, 0.25) is 0 Å². The van der Waals surface area contributed by atoms with Gasteiger partial charge in [-0.1, -0.05) is 223 Å². The summed E-state index contributed by atoms with van der Waals surface area (Å²) < 4.78 is 17.5. The second kappa shape index (κ2) is 43.9. The van der Waals surface area contributed by atoms with Crippen molar-refractivity contribution in [3.63, 3.8) is 0 Å². The van der Waals surface area contributed by atoms with Gasteiger partial charge in [0.1, 0.15) is 24.4 Å². The molecule has 0 aromatic heterocycles. The summed E-state index contributed by atoms with van der Waals surface area (Å²) in [6.45, 7) is 5.61. The number of carbonyl (C=O) groups excluding carboxylic acids is 2. The van der Waals surface area contributed by atoms with Gasteiger partial charge in [0.05, 0.1) is 25.4 Å². The Bertz CT molecular complexity index is 1260. The molecule has 11 heteroatoms. The van der Waals surface area contributed by atoms with E-state index in [0.717, 1.165) is 77.0 Å². The Hall–Kier alpha value is -2.38. The summed E-state index contributed by atoms with van der Waals surface area (Å²) in [6.07, 6.45) is 40.2. The Labute approximate surface area is 402 Å². The van der Waals surface area contributed by atoms with Crippen LogP contribution in [0.5, 0.6) is 0 Å². The molecule has 0 aromatic carbocycles. The van der Waals surface area contributed by atoms with Crippen molar-refractivity contribution in [1.29, 1.82) is 0 Å². The summed E-state index contributed by atoms with van der Waals surface area (Å²) in [5, 5.41) is 56.6. The normalized spacial score (nSPS) is 20.5. The molecule has 0 aliphatic carbocycles. The summed E-state index contributed by atoms with van der Waals surface area (Å²) in [7, 11) is 0. The van der Waals surface area contributed by atoms with Crippen LogP contribution >= 0.6 is 0 Å². The first kappa shape index (κ1) is 61.6. The van der Waals surface area contributed by atoms with Crippen molar-refractivity contribution in [2.45, 2.75) is 275 Å². The van der Waals surface area contributed by atoms with Gasteiger partial charge in [-0.25, -0.2) is 0 Å². The summed E-state index contributed by atoms with van der Waals surface area (Å²) in [5.41, 5.74) is 0. The van der Waals surface area contributed by atoms with Crippen LogP contribution in [0.1, 0.15) is 226 Å². The quantitative estimate of drug-likeness (QED) is 0.0149. The predicted molar refractivity (Wildman–Crippen MR) is 269 cm³/mol. The van der Waals surface area contributed by atoms with Gasteiger partial charge in [0.15, 0.2) is 12.4 Å². The molecule has 8 unspecified atom stereocenters. The van der Waals surface area contributed by atoms with Crippen molar-refractivity contribution < 1.29 is 49.3 Å². The molecule has 1 heterocycles. The highest BCUT2D eigenvalue weighted by atomic mass is 16.7. The van der Waals surface area contributed by atoms with Crippen molar-refractivity contribution in [1.82, 2.24) is 5.32 Å². The standard InChI is InChI=1S/C55H99NO10/c1-4-7-10-13-16-19-22-24-27-30-33-36-39-42-48(59)54(63)56-46(47(58)41-38-35-32-29-26-21-18-15-12-9-6-3)45-64-55-53(52(62)51(61)49(44-57)65-55)66-50(60)43-40-37-34-31-28-25-23-20-17-14-11-8-5-2/h8,11,14,17,20,23,38,41,46-49,51-53,55,57-59,61-62H,4-7,9-10,12-13,15-16,18-19,21-22,24-37,39-40,42-45H2,1-3H3,(H,56,63)/b11-8+,17-14+,23-20-,41-38+. The number of ether oxygens (including phenoxy) is 3. The van der Waals surface area contributed by atoms with E-state index in [4.69, 9.17) is 14.2 Å². The lowest BCUT2D eigenvalue weighted by Gasteiger charge is -2.41. The lowest BCUT2D eigenvalue weighted by atomic mass is 9.99. The fourth-order valence-corrected chi connectivity index (χ4v) is 8.24. The number of hydrogen-bond acceptors (Lipinski definition) is 10. The largest absolute Gasteiger partial charge is 0.454 e. The van der Waals surface area contributed by atoms with Gasteiger partial charge in [-0.05, 0) is 44.9 Å². The third kappa shape index (κ3) is 32.4. The Morgan fingerprint density at radius 3 is 1.62 bits per heavy atom. The van der Waals surface area contributed by atoms with Gasteiger partial charge in [-0.15, -0.1) is 0 Å². The monoisotopic (exact) mass is 934 g/mol. The molecule has 1 saturated heterocycles. The third-order valence-corrected chi connectivity index (χ3v) is 12.6. The molecule has 11 nitrogen and oxygen atoms in total. The van der Waals surface area contributed by atoms with E-state index in [0.29, 0.717) is 19.3 Å². The highest BCUT2D eigenvalue weighted by Gasteiger charge is 2.47. The van der Waals surface area contributed by atoms with E-state index in [9.17, 15) is 35.1 Å². The Balaban J connectivity index is 2.77. The number of aliphatic hydroxyl groups is 5. The molecule has 1 rings (SSSR count). The molecule has 1 fully saturated rings. The first-order valence-corrected chi connectivity index (χ1v) is 26.9. The van der Waals surface area contributed by atoms with Crippen molar-refractivity contribution in [3.8, 4) is 0 Å². The number of aliphatic hydroxyl groups excluding tert-OH is 5. The molecule has 1 aliphatic heterocycles. The van der Waals surface area contributed by atoms with E-state index in [-0.39, 0.29) is 13.0 Å². The molecular weight excluding hydrogens is 835 g/mol. The zero-order valence-corrected chi connectivity index (χ0v) is 42.1. The van der Waals surface area contributed by atoms with Crippen LogP contribution in [0, 0.1) is 0 Å². The number of hydrogen-bond donors (Lipinski definition) is 6. The van der Waals surface area contributed by atoms with E-state index in [1.165, 1.54) is 103 Å². The number of esters is 1. The van der Waals surface area contributed by atoms with Crippen molar-refractivity contribution in [2.75, 3.05) is 13.2 Å². The number of allylic oxidation sites excluding steroid dienone is 7. The fourth-order valence-electron chi connectivity index (χ4n) is 8.24. The van der Waals surface area contributed by atoms with E-state index in [1.54, 1.807) is 6.08 Å². The minimum Gasteiger partial charge on any atom is -0.454 e. The second-order valence-electron chi connectivity index (χ2n) is 18.6. The van der Waals surface area contributed by atoms with Crippen LogP contribution in [0.15, 0.2) is 48.6 Å². The van der Waals surface area contributed by atoms with Crippen LogP contribution < -0.4 is 5.32 Å².